The second-order valence-electron chi connectivity index (χ2n) is 5.36. The van der Waals surface area contributed by atoms with Crippen molar-refractivity contribution in [3.05, 3.63) is 11.6 Å². The van der Waals surface area contributed by atoms with Crippen LogP contribution in [0.3, 0.4) is 0 Å². The molecule has 0 aromatic heterocycles. The van der Waals surface area contributed by atoms with Gasteiger partial charge in [0.2, 0.25) is 0 Å². The Morgan fingerprint density at radius 3 is 2.67 bits per heavy atom. The summed E-state index contributed by atoms with van der Waals surface area (Å²) in [5.74, 6) is 1.63. The van der Waals surface area contributed by atoms with Crippen molar-refractivity contribution in [1.29, 1.82) is 0 Å². The molecule has 2 heteroatoms. The molecule has 0 aliphatic heterocycles. The van der Waals surface area contributed by atoms with Crippen LogP contribution in [-0.2, 0) is 4.74 Å². The molecule has 0 unspecified atom stereocenters. The van der Waals surface area contributed by atoms with Crippen molar-refractivity contribution in [3.8, 4) is 0 Å². The number of rotatable bonds is 2. The monoisotopic (exact) mass is 200 g/mol. The van der Waals surface area contributed by atoms with E-state index >= 15 is 0 Å². The minimum atomic E-state index is 0. The van der Waals surface area contributed by atoms with Gasteiger partial charge in [0.05, 0.1) is 0 Å². The zero-order chi connectivity index (χ0) is 10.3. The summed E-state index contributed by atoms with van der Waals surface area (Å²) < 4.78 is 5.41. The van der Waals surface area contributed by atoms with E-state index in [2.05, 4.69) is 26.8 Å². The number of hydrogen-bond acceptors (Lipinski definition) is 1. The molecule has 0 heterocycles. The zero-order valence-electron chi connectivity index (χ0n) is 10.8. The van der Waals surface area contributed by atoms with Crippen LogP contribution in [0.1, 0.15) is 40.0 Å². The fourth-order valence-electron chi connectivity index (χ4n) is 3.48. The summed E-state index contributed by atoms with van der Waals surface area (Å²) >= 11 is 0. The molecule has 0 radical (unpaired) electrons. The Balaban J connectivity index is 0.00000112. The molecular formula is C13H21LiO. The Bertz CT molecular complexity index is 259. The van der Waals surface area contributed by atoms with E-state index < -0.39 is 0 Å². The normalized spacial score (nSPS) is 38.9. The fraction of sp³-hybridized carbons (Fsp3) is 0.846. The number of methoxy groups -OCH3 is 1. The van der Waals surface area contributed by atoms with E-state index in [4.69, 9.17) is 4.74 Å². The van der Waals surface area contributed by atoms with Gasteiger partial charge in [-0.15, -0.1) is 0 Å². The predicted octanol–water partition coefficient (Wildman–Crippen LogP) is 0.211. The fourth-order valence-corrected chi connectivity index (χ4v) is 3.48. The first-order chi connectivity index (χ1) is 6.58. The first-order valence-corrected chi connectivity index (χ1v) is 5.73. The van der Waals surface area contributed by atoms with Crippen molar-refractivity contribution in [3.63, 3.8) is 0 Å². The third-order valence-electron chi connectivity index (χ3n) is 4.25. The largest absolute Gasteiger partial charge is 1.00 e. The SMILES string of the molecule is CO[C@H]1[C-]=C2CC[C@@H](C(C)C)[C@]2(C)C1.[Li+]. The van der Waals surface area contributed by atoms with E-state index in [1.165, 1.54) is 12.8 Å². The van der Waals surface area contributed by atoms with Gasteiger partial charge in [-0.25, -0.2) is 5.57 Å². The Kier molecular flexibility index (Phi) is 4.15. The van der Waals surface area contributed by atoms with E-state index in [9.17, 15) is 0 Å². The Labute approximate surface area is 106 Å². The summed E-state index contributed by atoms with van der Waals surface area (Å²) in [7, 11) is 1.80. The predicted molar refractivity (Wildman–Crippen MR) is 57.8 cm³/mol. The van der Waals surface area contributed by atoms with Gasteiger partial charge < -0.3 is 10.8 Å². The summed E-state index contributed by atoms with van der Waals surface area (Å²) in [6, 6.07) is 0. The van der Waals surface area contributed by atoms with Gasteiger partial charge in [-0.1, -0.05) is 33.3 Å². The molecule has 3 atom stereocenters. The topological polar surface area (TPSA) is 9.23 Å². The molecule has 2 aliphatic carbocycles. The van der Waals surface area contributed by atoms with Gasteiger partial charge >= 0.3 is 18.9 Å². The van der Waals surface area contributed by atoms with Crippen molar-refractivity contribution < 1.29 is 23.6 Å². The minimum absolute atomic E-state index is 0. The quantitative estimate of drug-likeness (QED) is 0.457. The van der Waals surface area contributed by atoms with Crippen molar-refractivity contribution in [1.82, 2.24) is 0 Å². The molecule has 0 bridgehead atoms. The number of allylic oxidation sites excluding steroid dienone is 1. The van der Waals surface area contributed by atoms with Crippen molar-refractivity contribution in [2.45, 2.75) is 46.1 Å². The maximum absolute atomic E-state index is 5.41. The van der Waals surface area contributed by atoms with Gasteiger partial charge in [0.25, 0.3) is 0 Å². The van der Waals surface area contributed by atoms with Gasteiger partial charge in [-0.2, -0.15) is 0 Å². The number of fused-ring (bicyclic) bond motifs is 1. The Hall–Kier alpha value is 0.297. The molecule has 2 aliphatic rings. The average Bonchev–Trinajstić information content (AvgIpc) is 2.56. The maximum atomic E-state index is 5.41. The van der Waals surface area contributed by atoms with Crippen molar-refractivity contribution in [2.75, 3.05) is 7.11 Å². The number of ether oxygens (including phenoxy) is 1. The molecule has 2 rings (SSSR count). The molecule has 1 saturated carbocycles. The molecule has 0 amide bonds. The average molecular weight is 200 g/mol. The Morgan fingerprint density at radius 1 is 1.47 bits per heavy atom. The van der Waals surface area contributed by atoms with Crippen LogP contribution in [0.5, 0.6) is 0 Å². The first kappa shape index (κ1) is 13.4. The van der Waals surface area contributed by atoms with Crippen molar-refractivity contribution >= 4 is 0 Å². The third-order valence-corrected chi connectivity index (χ3v) is 4.25. The molecule has 0 spiro atoms. The van der Waals surface area contributed by atoms with E-state index in [1.807, 2.05) is 0 Å². The maximum Gasteiger partial charge on any atom is 1.00 e. The molecule has 0 aromatic carbocycles. The van der Waals surface area contributed by atoms with Crippen LogP contribution >= 0.6 is 0 Å². The minimum Gasteiger partial charge on any atom is -0.467 e. The molecule has 0 aromatic rings. The van der Waals surface area contributed by atoms with Crippen LogP contribution < -0.4 is 18.9 Å². The molecular weight excluding hydrogens is 179 g/mol. The molecule has 0 saturated heterocycles. The van der Waals surface area contributed by atoms with Crippen LogP contribution in [0, 0.1) is 23.3 Å². The molecule has 80 valence electrons. The summed E-state index contributed by atoms with van der Waals surface area (Å²) in [5, 5.41) is 0. The molecule has 15 heavy (non-hydrogen) atoms. The van der Waals surface area contributed by atoms with E-state index in [1.54, 1.807) is 12.7 Å². The zero-order valence-corrected chi connectivity index (χ0v) is 10.8. The van der Waals surface area contributed by atoms with Gasteiger partial charge in [0.15, 0.2) is 0 Å². The van der Waals surface area contributed by atoms with Gasteiger partial charge in [0, 0.05) is 7.11 Å². The van der Waals surface area contributed by atoms with Crippen LogP contribution in [0.15, 0.2) is 5.57 Å². The third kappa shape index (κ3) is 2.07. The van der Waals surface area contributed by atoms with Crippen LogP contribution in [0.25, 0.3) is 0 Å². The van der Waals surface area contributed by atoms with Crippen LogP contribution in [0.4, 0.5) is 0 Å². The summed E-state index contributed by atoms with van der Waals surface area (Å²) in [6.07, 6.45) is 7.54. The van der Waals surface area contributed by atoms with E-state index in [-0.39, 0.29) is 25.0 Å². The van der Waals surface area contributed by atoms with Crippen molar-refractivity contribution in [2.24, 2.45) is 17.3 Å². The van der Waals surface area contributed by atoms with Crippen LogP contribution in [0.2, 0.25) is 0 Å². The molecule has 1 fully saturated rings. The smallest absolute Gasteiger partial charge is 0.467 e. The summed E-state index contributed by atoms with van der Waals surface area (Å²) in [6.45, 7) is 7.10. The number of hydrogen-bond donors (Lipinski definition) is 0. The van der Waals surface area contributed by atoms with E-state index in [0.29, 0.717) is 5.41 Å². The molecule has 1 nitrogen and oxygen atoms in total. The first-order valence-electron chi connectivity index (χ1n) is 5.73. The summed E-state index contributed by atoms with van der Waals surface area (Å²) in [4.78, 5) is 0. The van der Waals surface area contributed by atoms with Crippen LogP contribution in [-0.4, -0.2) is 13.2 Å². The van der Waals surface area contributed by atoms with Gasteiger partial charge in [0.1, 0.15) is 0 Å². The van der Waals surface area contributed by atoms with Gasteiger partial charge in [-0.3, -0.25) is 0 Å². The van der Waals surface area contributed by atoms with E-state index in [0.717, 1.165) is 18.3 Å². The molecule has 0 N–H and O–H groups in total. The second-order valence-corrected chi connectivity index (χ2v) is 5.36. The van der Waals surface area contributed by atoms with Gasteiger partial charge in [-0.05, 0) is 30.1 Å². The Morgan fingerprint density at radius 2 is 2.13 bits per heavy atom. The summed E-state index contributed by atoms with van der Waals surface area (Å²) in [5.41, 5.74) is 1.94. The second kappa shape index (κ2) is 4.66. The standard InChI is InChI=1S/C13H21O.Li/c1-9(2)12-6-5-10-7-11(14-4)8-13(10,12)3;/h9,11-12H,5-6,8H2,1-4H3;/q-1;+1/t11-,12-,13+;/m0./s1.